The van der Waals surface area contributed by atoms with Crippen molar-refractivity contribution in [2.24, 2.45) is 0 Å². The molecule has 45 heavy (non-hydrogen) atoms. The number of carbonyl (C=O) groups is 1. The van der Waals surface area contributed by atoms with Crippen LogP contribution in [0.2, 0.25) is 0 Å². The Balaban J connectivity index is 1.28. The minimum atomic E-state index is -0.641. The molecule has 13 nitrogen and oxygen atoms in total. The van der Waals surface area contributed by atoms with Gasteiger partial charge in [0, 0.05) is 48.7 Å². The Labute approximate surface area is 267 Å². The quantitative estimate of drug-likeness (QED) is 0.412. The van der Waals surface area contributed by atoms with E-state index in [4.69, 9.17) is 34.7 Å². The number of thiophene rings is 1. The number of likely N-dealkylation sites (N-methyl/N-ethyl adjacent to an activating group) is 1. The first-order valence-corrected chi connectivity index (χ1v) is 16.4. The Morgan fingerprint density at radius 1 is 1.20 bits per heavy atom. The van der Waals surface area contributed by atoms with Crippen molar-refractivity contribution in [2.45, 2.75) is 76.9 Å². The lowest BCUT2D eigenvalue weighted by Gasteiger charge is -2.36. The molecule has 240 valence electrons. The number of ether oxygens (including phenoxy) is 2. The van der Waals surface area contributed by atoms with Gasteiger partial charge in [-0.2, -0.15) is 20.2 Å². The fourth-order valence-corrected chi connectivity index (χ4v) is 7.61. The van der Waals surface area contributed by atoms with Crippen molar-refractivity contribution in [3.05, 3.63) is 28.0 Å². The van der Waals surface area contributed by atoms with E-state index in [0.717, 1.165) is 49.1 Å². The highest BCUT2D eigenvalue weighted by molar-refractivity contribution is 7.16. The first kappa shape index (κ1) is 31.0. The molecule has 14 heteroatoms. The molecule has 0 saturated carbocycles. The van der Waals surface area contributed by atoms with Crippen LogP contribution in [0, 0.1) is 11.3 Å². The average molecular weight is 636 g/mol. The van der Waals surface area contributed by atoms with Crippen molar-refractivity contribution in [3.8, 4) is 23.6 Å². The average Bonchev–Trinajstić information content (AvgIpc) is 3.74. The number of nitrogens with two attached hydrogens (primary N) is 1. The zero-order valence-electron chi connectivity index (χ0n) is 26.6. The van der Waals surface area contributed by atoms with E-state index in [1.165, 1.54) is 11.3 Å². The zero-order valence-corrected chi connectivity index (χ0v) is 27.4. The van der Waals surface area contributed by atoms with Gasteiger partial charge < -0.3 is 34.4 Å². The van der Waals surface area contributed by atoms with Crippen LogP contribution in [-0.2, 0) is 16.6 Å². The fourth-order valence-electron chi connectivity index (χ4n) is 6.42. The Morgan fingerprint density at radius 3 is 2.67 bits per heavy atom. The summed E-state index contributed by atoms with van der Waals surface area (Å²) in [5.74, 6) is 1.40. The molecular formula is C31H41N9O4S. The van der Waals surface area contributed by atoms with Crippen molar-refractivity contribution in [3.63, 3.8) is 0 Å². The third-order valence-corrected chi connectivity index (χ3v) is 9.98. The fraction of sp³-hybridized carbons (Fsp3) is 0.613. The van der Waals surface area contributed by atoms with Gasteiger partial charge in [0.1, 0.15) is 34.8 Å². The monoisotopic (exact) mass is 635 g/mol. The van der Waals surface area contributed by atoms with Gasteiger partial charge in [-0.3, -0.25) is 0 Å². The van der Waals surface area contributed by atoms with Crippen molar-refractivity contribution >= 4 is 28.2 Å². The summed E-state index contributed by atoms with van der Waals surface area (Å²) in [6.07, 6.45) is 4.42. The van der Waals surface area contributed by atoms with Gasteiger partial charge in [0.15, 0.2) is 0 Å². The number of aryl methyl sites for hydroxylation is 1. The Kier molecular flexibility index (Phi) is 8.34. The summed E-state index contributed by atoms with van der Waals surface area (Å²) >= 11 is 1.47. The normalized spacial score (nSPS) is 22.3. The van der Waals surface area contributed by atoms with Gasteiger partial charge in [-0.05, 0) is 73.4 Å². The molecule has 0 radical (unpaired) electrons. The maximum atomic E-state index is 12.6. The van der Waals surface area contributed by atoms with Crippen LogP contribution in [-0.4, -0.2) is 94.0 Å². The highest BCUT2D eigenvalue weighted by Crippen LogP contribution is 2.48. The summed E-state index contributed by atoms with van der Waals surface area (Å²) in [5, 5.41) is 14.8. The maximum Gasteiger partial charge on any atom is 0.410 e. The summed E-state index contributed by atoms with van der Waals surface area (Å²) in [6.45, 7) is 11.3. The number of aromatic nitrogens is 4. The predicted octanol–water partition coefficient (Wildman–Crippen LogP) is 4.21. The standard InChI is InChI=1S/C31H41N9O4S/c1-30(2,3)43-29(41)40-14-12-39(13-15-40)23-16-21(34-28(35-23)42-18-19-8-7-11-38(19)5)26-36-27(44-37-26)31(4)10-6-9-22-24(31)20(17-32)25(33)45-22/h16,19H,6-15,18,33H2,1-5H3/t19-,31-/m0/s1. The summed E-state index contributed by atoms with van der Waals surface area (Å²) in [5.41, 5.74) is 6.90. The highest BCUT2D eigenvalue weighted by atomic mass is 32.1. The Hall–Kier alpha value is -3.96. The molecule has 0 spiro atoms. The second kappa shape index (κ2) is 12.1. The van der Waals surface area contributed by atoms with Crippen LogP contribution in [0.1, 0.15) is 75.3 Å². The number of rotatable bonds is 6. The van der Waals surface area contributed by atoms with Gasteiger partial charge >= 0.3 is 12.1 Å². The van der Waals surface area contributed by atoms with Gasteiger partial charge in [0.05, 0.1) is 11.0 Å². The number of amides is 1. The third kappa shape index (κ3) is 6.28. The zero-order chi connectivity index (χ0) is 31.9. The van der Waals surface area contributed by atoms with Gasteiger partial charge in [-0.1, -0.05) is 5.16 Å². The molecule has 2 N–H and O–H groups in total. The van der Waals surface area contributed by atoms with Crippen LogP contribution >= 0.6 is 11.3 Å². The molecule has 5 heterocycles. The van der Waals surface area contributed by atoms with E-state index < -0.39 is 11.0 Å². The second-order valence-corrected chi connectivity index (χ2v) is 14.4. The van der Waals surface area contributed by atoms with Crippen LogP contribution in [0.5, 0.6) is 6.01 Å². The largest absolute Gasteiger partial charge is 0.462 e. The molecule has 2 atom stereocenters. The Morgan fingerprint density at radius 2 is 1.98 bits per heavy atom. The molecule has 0 aromatic carbocycles. The number of piperazine rings is 1. The summed E-state index contributed by atoms with van der Waals surface area (Å²) in [6, 6.07) is 4.67. The van der Waals surface area contributed by atoms with E-state index in [0.29, 0.717) is 72.6 Å². The summed E-state index contributed by atoms with van der Waals surface area (Å²) in [7, 11) is 2.10. The highest BCUT2D eigenvalue weighted by Gasteiger charge is 2.43. The van der Waals surface area contributed by atoms with Crippen LogP contribution in [0.15, 0.2) is 10.6 Å². The molecule has 2 aliphatic heterocycles. The van der Waals surface area contributed by atoms with E-state index in [-0.39, 0.29) is 12.1 Å². The van der Waals surface area contributed by atoms with Gasteiger partial charge in [-0.15, -0.1) is 11.3 Å². The van der Waals surface area contributed by atoms with Crippen LogP contribution in [0.25, 0.3) is 11.5 Å². The summed E-state index contributed by atoms with van der Waals surface area (Å²) < 4.78 is 17.7. The Bertz CT molecular complexity index is 1600. The van der Waals surface area contributed by atoms with Crippen molar-refractivity contribution in [1.29, 1.82) is 5.26 Å². The van der Waals surface area contributed by atoms with Crippen molar-refractivity contribution in [1.82, 2.24) is 29.9 Å². The number of nitrogens with zero attached hydrogens (tertiary/aromatic N) is 8. The number of hydrogen-bond acceptors (Lipinski definition) is 13. The van der Waals surface area contributed by atoms with Crippen molar-refractivity contribution < 1.29 is 18.8 Å². The minimum absolute atomic E-state index is 0.243. The van der Waals surface area contributed by atoms with Crippen LogP contribution < -0.4 is 15.4 Å². The van der Waals surface area contributed by atoms with Gasteiger partial charge in [0.25, 0.3) is 0 Å². The number of nitriles is 1. The molecule has 2 fully saturated rings. The topological polar surface area (TPSA) is 160 Å². The number of nitrogen functional groups attached to an aromatic ring is 1. The lowest BCUT2D eigenvalue weighted by Crippen LogP contribution is -2.50. The van der Waals surface area contributed by atoms with E-state index >= 15 is 0 Å². The molecule has 6 rings (SSSR count). The smallest absolute Gasteiger partial charge is 0.410 e. The minimum Gasteiger partial charge on any atom is -0.462 e. The molecular weight excluding hydrogens is 594 g/mol. The van der Waals surface area contributed by atoms with Gasteiger partial charge in [0.2, 0.25) is 11.7 Å². The molecule has 3 aliphatic rings. The molecule has 2 saturated heterocycles. The first-order chi connectivity index (χ1) is 21.4. The van der Waals surface area contributed by atoms with E-state index in [9.17, 15) is 10.1 Å². The maximum absolute atomic E-state index is 12.6. The van der Waals surface area contributed by atoms with Crippen LogP contribution in [0.3, 0.4) is 0 Å². The number of anilines is 2. The number of fused-ring (bicyclic) bond motifs is 1. The molecule has 3 aromatic heterocycles. The van der Waals surface area contributed by atoms with Crippen molar-refractivity contribution in [2.75, 3.05) is 57.0 Å². The SMILES string of the molecule is CN1CCC[C@H]1COc1nc(-c2noc([C@@]3(C)CCCc4sc(N)c(C#N)c43)n2)cc(N2CCN(C(=O)OC(C)(C)C)CC2)n1. The lowest BCUT2D eigenvalue weighted by molar-refractivity contribution is 0.0240. The molecule has 0 unspecified atom stereocenters. The first-order valence-electron chi connectivity index (χ1n) is 15.6. The molecule has 1 amide bonds. The lowest BCUT2D eigenvalue weighted by atomic mass is 9.72. The number of carbonyl (C=O) groups excluding carboxylic acids is 1. The molecule has 0 bridgehead atoms. The van der Waals surface area contributed by atoms with E-state index in [1.54, 1.807) is 4.90 Å². The van der Waals surface area contributed by atoms with E-state index in [1.807, 2.05) is 33.8 Å². The van der Waals surface area contributed by atoms with Gasteiger partial charge in [-0.25, -0.2) is 4.79 Å². The second-order valence-electron chi connectivity index (χ2n) is 13.3. The third-order valence-electron chi connectivity index (χ3n) is 8.90. The molecule has 1 aliphatic carbocycles. The van der Waals surface area contributed by atoms with E-state index in [2.05, 4.69) is 28.1 Å². The number of likely N-dealkylation sites (tertiary alicyclic amines) is 1. The predicted molar refractivity (Wildman–Crippen MR) is 169 cm³/mol. The molecule has 3 aromatic rings. The van der Waals surface area contributed by atoms with Crippen LogP contribution in [0.4, 0.5) is 15.6 Å². The number of hydrogen-bond donors (Lipinski definition) is 1. The summed E-state index contributed by atoms with van der Waals surface area (Å²) in [4.78, 5) is 34.2.